The number of rotatable bonds is 57. The van der Waals surface area contributed by atoms with Crippen LogP contribution in [0.4, 0.5) is 0 Å². The molecule has 440 valence electrons. The monoisotopic (exact) mass is 1080 g/mol. The lowest BCUT2D eigenvalue weighted by molar-refractivity contribution is -0.870. The van der Waals surface area contributed by atoms with E-state index < -0.39 is 20.0 Å². The van der Waals surface area contributed by atoms with Gasteiger partial charge in [0.2, 0.25) is 5.91 Å². The molecule has 0 aromatic heterocycles. The van der Waals surface area contributed by atoms with Crippen LogP contribution in [0.5, 0.6) is 0 Å². The molecule has 0 radical (unpaired) electrons. The van der Waals surface area contributed by atoms with Crippen LogP contribution >= 0.6 is 7.82 Å². The molecule has 0 heterocycles. The molecular formula is C67H122N2O6P+. The molecule has 8 nitrogen and oxygen atoms in total. The van der Waals surface area contributed by atoms with E-state index >= 15 is 0 Å². The molecule has 9 heteroatoms. The standard InChI is InChI=1S/C67H121N2O6P/c1-6-8-10-12-14-16-18-20-22-24-26-28-30-32-33-34-35-37-38-40-42-44-46-48-50-52-54-56-58-60-66(70)65(64-75-76(72,73)74-63-62-69(3,4)5)68-67(71)61-59-57-55-53-51-49-47-45-43-41-39-36-31-29-27-25-23-21-19-17-15-13-11-9-7-2/h9,11,15,17,21,23,27,29,36,39,43,45,50,52,58,60,65-66,70H,6-8,10,12-14,16,18-20,22,24-26,28,30-35,37-38,40-42,44,46-49,51,53-57,59,61-64H2,1-5H3,(H-,68,71,72,73)/p+1/b11-9-,17-15-,23-21-,29-27-,39-36-,45-43-,52-50+,60-58+. The Morgan fingerprint density at radius 1 is 0.461 bits per heavy atom. The van der Waals surface area contributed by atoms with Crippen LogP contribution in [-0.4, -0.2) is 73.4 Å². The molecule has 0 fully saturated rings. The molecule has 0 saturated carbocycles. The number of likely N-dealkylation sites (N-methyl/N-ethyl adjacent to an activating group) is 1. The summed E-state index contributed by atoms with van der Waals surface area (Å²) >= 11 is 0. The molecule has 3 unspecified atom stereocenters. The number of unbranched alkanes of at least 4 members (excludes halogenated alkanes) is 30. The fourth-order valence-electron chi connectivity index (χ4n) is 8.89. The molecule has 76 heavy (non-hydrogen) atoms. The maximum Gasteiger partial charge on any atom is 0.472 e. The van der Waals surface area contributed by atoms with Gasteiger partial charge in [0.15, 0.2) is 0 Å². The molecule has 1 amide bonds. The number of nitrogens with one attached hydrogen (secondary N) is 1. The number of quaternary nitrogens is 1. The molecule has 0 aromatic rings. The fraction of sp³-hybridized carbons (Fsp3) is 0.746. The molecule has 0 rings (SSSR count). The third kappa shape index (κ3) is 59.1. The number of carbonyl (C=O) groups excluding carboxylic acids is 1. The zero-order chi connectivity index (χ0) is 55.6. The van der Waals surface area contributed by atoms with E-state index in [1.165, 1.54) is 161 Å². The lowest BCUT2D eigenvalue weighted by atomic mass is 10.0. The number of aliphatic hydroxyl groups excluding tert-OH is 1. The summed E-state index contributed by atoms with van der Waals surface area (Å²) < 4.78 is 23.7. The third-order valence-corrected chi connectivity index (χ3v) is 14.8. The smallest absolute Gasteiger partial charge is 0.387 e. The van der Waals surface area contributed by atoms with Gasteiger partial charge in [-0.05, 0) is 83.5 Å². The Bertz CT molecular complexity index is 1560. The average Bonchev–Trinajstić information content (AvgIpc) is 3.38. The van der Waals surface area contributed by atoms with Crippen molar-refractivity contribution in [2.45, 2.75) is 283 Å². The summed E-state index contributed by atoms with van der Waals surface area (Å²) in [6.07, 6.45) is 82.5. The van der Waals surface area contributed by atoms with Gasteiger partial charge < -0.3 is 19.8 Å². The van der Waals surface area contributed by atoms with Crippen LogP contribution in [0.1, 0.15) is 271 Å². The molecule has 3 N–H and O–H groups in total. The van der Waals surface area contributed by atoms with Gasteiger partial charge in [0.1, 0.15) is 13.2 Å². The first-order valence-corrected chi connectivity index (χ1v) is 33.1. The maximum atomic E-state index is 13.0. The van der Waals surface area contributed by atoms with Crippen LogP contribution in [0.3, 0.4) is 0 Å². The van der Waals surface area contributed by atoms with Crippen molar-refractivity contribution in [1.29, 1.82) is 0 Å². The highest BCUT2D eigenvalue weighted by molar-refractivity contribution is 7.47. The summed E-state index contributed by atoms with van der Waals surface area (Å²) in [5.41, 5.74) is 0. The topological polar surface area (TPSA) is 105 Å². The summed E-state index contributed by atoms with van der Waals surface area (Å²) in [7, 11) is 1.53. The van der Waals surface area contributed by atoms with E-state index in [0.717, 1.165) is 89.9 Å². The number of hydrogen-bond acceptors (Lipinski definition) is 5. The van der Waals surface area contributed by atoms with E-state index in [9.17, 15) is 19.4 Å². The fourth-order valence-corrected chi connectivity index (χ4v) is 9.62. The van der Waals surface area contributed by atoms with Crippen LogP contribution in [-0.2, 0) is 18.4 Å². The third-order valence-electron chi connectivity index (χ3n) is 13.8. The lowest BCUT2D eigenvalue weighted by Crippen LogP contribution is -2.45. The van der Waals surface area contributed by atoms with Crippen molar-refractivity contribution in [2.75, 3.05) is 40.9 Å². The second kappa shape index (κ2) is 57.1. The predicted octanol–water partition coefficient (Wildman–Crippen LogP) is 19.8. The van der Waals surface area contributed by atoms with Gasteiger partial charge in [-0.1, -0.05) is 278 Å². The van der Waals surface area contributed by atoms with E-state index in [-0.39, 0.29) is 19.1 Å². The minimum atomic E-state index is -4.37. The number of aliphatic hydroxyl groups is 1. The Balaban J connectivity index is 4.24. The minimum Gasteiger partial charge on any atom is -0.387 e. The Hall–Kier alpha value is -2.58. The molecule has 3 atom stereocenters. The highest BCUT2D eigenvalue weighted by Gasteiger charge is 2.27. The van der Waals surface area contributed by atoms with Crippen molar-refractivity contribution in [3.63, 3.8) is 0 Å². The van der Waals surface area contributed by atoms with E-state index in [0.29, 0.717) is 17.4 Å². The first kappa shape index (κ1) is 73.4. The van der Waals surface area contributed by atoms with E-state index in [2.05, 4.69) is 104 Å². The second-order valence-corrected chi connectivity index (χ2v) is 23.8. The quantitative estimate of drug-likeness (QED) is 0.0243. The predicted molar refractivity (Wildman–Crippen MR) is 332 cm³/mol. The van der Waals surface area contributed by atoms with Gasteiger partial charge in [0.25, 0.3) is 0 Å². The van der Waals surface area contributed by atoms with Crippen LogP contribution in [0.25, 0.3) is 0 Å². The van der Waals surface area contributed by atoms with Crippen LogP contribution in [0.2, 0.25) is 0 Å². The zero-order valence-corrected chi connectivity index (χ0v) is 51.1. The number of phosphoric ester groups is 1. The van der Waals surface area contributed by atoms with Crippen LogP contribution in [0.15, 0.2) is 97.2 Å². The SMILES string of the molecule is CC/C=C\C/C=C\C/C=C\C/C=C\C/C=C\C/C=C\CCCCCCCCC(=O)NC(COP(=O)(O)OCC[N+](C)(C)C)C(O)/C=C/CC/C=C/CCCCCCCCCCCCCCCCCCCCCCCCC. The molecule has 0 saturated heterocycles. The number of carbonyl (C=O) groups is 1. The number of phosphoric acid groups is 1. The van der Waals surface area contributed by atoms with Gasteiger partial charge in [-0.15, -0.1) is 0 Å². The molecular weight excluding hydrogens is 960 g/mol. The lowest BCUT2D eigenvalue weighted by Gasteiger charge is -2.25. The van der Waals surface area contributed by atoms with E-state index in [4.69, 9.17) is 9.05 Å². The Morgan fingerprint density at radius 2 is 0.803 bits per heavy atom. The maximum absolute atomic E-state index is 13.0. The van der Waals surface area contributed by atoms with Crippen LogP contribution in [0, 0.1) is 0 Å². The van der Waals surface area contributed by atoms with Gasteiger partial charge in [-0.2, -0.15) is 0 Å². The first-order chi connectivity index (χ1) is 37.0. The average molecular weight is 1080 g/mol. The van der Waals surface area contributed by atoms with Crippen molar-refractivity contribution in [2.24, 2.45) is 0 Å². The number of allylic oxidation sites excluding steroid dienone is 15. The van der Waals surface area contributed by atoms with Gasteiger partial charge in [-0.25, -0.2) is 4.57 Å². The molecule has 0 aliphatic carbocycles. The summed E-state index contributed by atoms with van der Waals surface area (Å²) in [5.74, 6) is -0.203. The number of hydrogen-bond donors (Lipinski definition) is 3. The highest BCUT2D eigenvalue weighted by atomic mass is 31.2. The molecule has 0 aliphatic rings. The largest absolute Gasteiger partial charge is 0.472 e. The van der Waals surface area contributed by atoms with Crippen molar-refractivity contribution < 1.29 is 32.9 Å². The van der Waals surface area contributed by atoms with Crippen molar-refractivity contribution in [1.82, 2.24) is 5.32 Å². The van der Waals surface area contributed by atoms with Crippen molar-refractivity contribution >= 4 is 13.7 Å². The highest BCUT2D eigenvalue weighted by Crippen LogP contribution is 2.43. The Morgan fingerprint density at radius 3 is 1.21 bits per heavy atom. The van der Waals surface area contributed by atoms with E-state index in [1.54, 1.807) is 6.08 Å². The molecule has 0 spiro atoms. The summed E-state index contributed by atoms with van der Waals surface area (Å²) in [4.78, 5) is 23.3. The van der Waals surface area contributed by atoms with Crippen molar-refractivity contribution in [3.05, 3.63) is 97.2 Å². The Kier molecular flexibility index (Phi) is 55.2. The zero-order valence-electron chi connectivity index (χ0n) is 50.2. The Labute approximate surface area is 470 Å². The summed E-state index contributed by atoms with van der Waals surface area (Å²) in [6, 6.07) is -0.880. The number of nitrogens with zero attached hydrogens (tertiary/aromatic N) is 1. The van der Waals surface area contributed by atoms with Crippen molar-refractivity contribution in [3.8, 4) is 0 Å². The summed E-state index contributed by atoms with van der Waals surface area (Å²) in [5, 5.41) is 13.9. The first-order valence-electron chi connectivity index (χ1n) is 31.6. The molecule has 0 aliphatic heterocycles. The van der Waals surface area contributed by atoms with Gasteiger partial charge in [-0.3, -0.25) is 13.8 Å². The minimum absolute atomic E-state index is 0.0481. The summed E-state index contributed by atoms with van der Waals surface area (Å²) in [6.45, 7) is 4.68. The van der Waals surface area contributed by atoms with Gasteiger partial charge >= 0.3 is 7.82 Å². The van der Waals surface area contributed by atoms with E-state index in [1.807, 2.05) is 27.2 Å². The normalized spacial score (nSPS) is 14.5. The van der Waals surface area contributed by atoms with Gasteiger partial charge in [0, 0.05) is 6.42 Å². The van der Waals surface area contributed by atoms with Gasteiger partial charge in [0.05, 0.1) is 39.9 Å². The number of amides is 1. The molecule has 0 aromatic carbocycles. The second-order valence-electron chi connectivity index (χ2n) is 22.4. The van der Waals surface area contributed by atoms with Crippen LogP contribution < -0.4 is 5.32 Å². The molecule has 0 bridgehead atoms.